The SMILES string of the molecule is COC(=O)c1c(NC(=O)CCSc2nc(-c3ccc(C)cc3)ccc2C#N)sc2c1CCCC2. The zero-order valence-electron chi connectivity index (χ0n) is 19.1. The van der Waals surface area contributed by atoms with Gasteiger partial charge in [-0.05, 0) is 50.3 Å². The van der Waals surface area contributed by atoms with Crippen molar-refractivity contribution in [2.75, 3.05) is 18.2 Å². The van der Waals surface area contributed by atoms with Gasteiger partial charge in [0.25, 0.3) is 0 Å². The number of hydrogen-bond donors (Lipinski definition) is 1. The number of esters is 1. The maximum atomic E-state index is 12.7. The predicted molar refractivity (Wildman–Crippen MR) is 135 cm³/mol. The number of carbonyl (C=O) groups is 2. The van der Waals surface area contributed by atoms with Crippen LogP contribution >= 0.6 is 23.1 Å². The Kier molecular flexibility index (Phi) is 7.66. The van der Waals surface area contributed by atoms with Gasteiger partial charge in [-0.1, -0.05) is 29.8 Å². The van der Waals surface area contributed by atoms with E-state index in [4.69, 9.17) is 4.74 Å². The summed E-state index contributed by atoms with van der Waals surface area (Å²) in [6.07, 6.45) is 4.12. The van der Waals surface area contributed by atoms with Crippen molar-refractivity contribution in [3.05, 3.63) is 63.5 Å². The number of anilines is 1. The van der Waals surface area contributed by atoms with Crippen molar-refractivity contribution >= 4 is 40.0 Å². The molecular weight excluding hydrogens is 466 g/mol. The van der Waals surface area contributed by atoms with Gasteiger partial charge in [0, 0.05) is 22.6 Å². The molecule has 4 rings (SSSR count). The number of pyridine rings is 1. The fraction of sp³-hybridized carbons (Fsp3) is 0.308. The molecule has 0 fully saturated rings. The van der Waals surface area contributed by atoms with Crippen molar-refractivity contribution in [3.63, 3.8) is 0 Å². The van der Waals surface area contributed by atoms with Gasteiger partial charge in [0.15, 0.2) is 0 Å². The van der Waals surface area contributed by atoms with Crippen LogP contribution in [0.15, 0.2) is 41.4 Å². The molecule has 0 bridgehead atoms. The number of nitrogens with zero attached hydrogens (tertiary/aromatic N) is 2. The number of amides is 1. The van der Waals surface area contributed by atoms with E-state index in [-0.39, 0.29) is 12.3 Å². The van der Waals surface area contributed by atoms with Gasteiger partial charge in [-0.2, -0.15) is 5.26 Å². The zero-order chi connectivity index (χ0) is 24.1. The lowest BCUT2D eigenvalue weighted by atomic mass is 9.95. The minimum absolute atomic E-state index is 0.176. The third-order valence-corrected chi connectivity index (χ3v) is 7.91. The Morgan fingerprint density at radius 1 is 1.18 bits per heavy atom. The number of nitriles is 1. The molecule has 8 heteroatoms. The fourth-order valence-corrected chi connectivity index (χ4v) is 6.13. The lowest BCUT2D eigenvalue weighted by molar-refractivity contribution is -0.115. The van der Waals surface area contributed by atoms with E-state index in [0.29, 0.717) is 26.9 Å². The van der Waals surface area contributed by atoms with Crippen molar-refractivity contribution in [2.45, 2.75) is 44.1 Å². The van der Waals surface area contributed by atoms with Gasteiger partial charge in [-0.15, -0.1) is 23.1 Å². The number of hydrogen-bond acceptors (Lipinski definition) is 7. The maximum Gasteiger partial charge on any atom is 0.341 e. The smallest absolute Gasteiger partial charge is 0.341 e. The first kappa shape index (κ1) is 24.0. The van der Waals surface area contributed by atoms with Crippen LogP contribution in [0.4, 0.5) is 5.00 Å². The number of fused-ring (bicyclic) bond motifs is 1. The highest BCUT2D eigenvalue weighted by Gasteiger charge is 2.26. The standard InChI is InChI=1S/C26H25N3O3S2/c1-16-7-9-17(10-8-16)20-12-11-18(15-27)24(28-20)33-14-13-22(30)29-25-23(26(31)32-2)19-5-3-4-6-21(19)34-25/h7-12H,3-6,13-14H2,1-2H3,(H,29,30). The number of thiophene rings is 1. The van der Waals surface area contributed by atoms with Gasteiger partial charge >= 0.3 is 5.97 Å². The molecule has 1 aliphatic carbocycles. The third-order valence-electron chi connectivity index (χ3n) is 5.71. The van der Waals surface area contributed by atoms with E-state index in [1.165, 1.54) is 35.8 Å². The minimum Gasteiger partial charge on any atom is -0.465 e. The number of thioether (sulfide) groups is 1. The number of carbonyl (C=O) groups excluding carboxylic acids is 2. The third kappa shape index (κ3) is 5.32. The van der Waals surface area contributed by atoms with Crippen LogP contribution < -0.4 is 5.32 Å². The molecule has 0 saturated carbocycles. The van der Waals surface area contributed by atoms with Crippen LogP contribution in [0, 0.1) is 18.3 Å². The number of aromatic nitrogens is 1. The predicted octanol–water partition coefficient (Wildman–Crippen LogP) is 5.78. The first-order valence-corrected chi connectivity index (χ1v) is 12.9. The van der Waals surface area contributed by atoms with Crippen LogP contribution in [0.3, 0.4) is 0 Å². The molecule has 2 heterocycles. The van der Waals surface area contributed by atoms with Gasteiger partial charge in [0.2, 0.25) is 5.91 Å². The number of aryl methyl sites for hydroxylation is 2. The average Bonchev–Trinajstić information content (AvgIpc) is 3.21. The molecule has 2 aromatic heterocycles. The number of benzene rings is 1. The number of ether oxygens (including phenoxy) is 1. The van der Waals surface area contributed by atoms with Crippen molar-refractivity contribution in [3.8, 4) is 17.3 Å². The van der Waals surface area contributed by atoms with Crippen molar-refractivity contribution < 1.29 is 14.3 Å². The lowest BCUT2D eigenvalue weighted by Crippen LogP contribution is -2.15. The summed E-state index contributed by atoms with van der Waals surface area (Å²) in [5.74, 6) is -0.118. The van der Waals surface area contributed by atoms with Crippen LogP contribution in [0.25, 0.3) is 11.3 Å². The molecule has 1 N–H and O–H groups in total. The Morgan fingerprint density at radius 2 is 1.94 bits per heavy atom. The van der Waals surface area contributed by atoms with Crippen molar-refractivity contribution in [2.24, 2.45) is 0 Å². The quantitative estimate of drug-likeness (QED) is 0.333. The number of nitrogens with one attached hydrogen (secondary N) is 1. The van der Waals surface area contributed by atoms with Crippen LogP contribution in [0.5, 0.6) is 0 Å². The molecule has 174 valence electrons. The van der Waals surface area contributed by atoms with Crippen LogP contribution in [0.2, 0.25) is 0 Å². The average molecular weight is 492 g/mol. The van der Waals surface area contributed by atoms with Crippen LogP contribution in [-0.2, 0) is 22.4 Å². The summed E-state index contributed by atoms with van der Waals surface area (Å²) in [7, 11) is 1.36. The highest BCUT2D eigenvalue weighted by atomic mass is 32.2. The van der Waals surface area contributed by atoms with E-state index >= 15 is 0 Å². The van der Waals surface area contributed by atoms with E-state index in [2.05, 4.69) is 16.4 Å². The maximum absolute atomic E-state index is 12.7. The number of rotatable bonds is 7. The second kappa shape index (κ2) is 10.9. The van der Waals surface area contributed by atoms with E-state index in [9.17, 15) is 14.9 Å². The molecule has 1 amide bonds. The van der Waals surface area contributed by atoms with Gasteiger partial charge in [-0.25, -0.2) is 9.78 Å². The van der Waals surface area contributed by atoms with E-state index in [1.807, 2.05) is 37.3 Å². The lowest BCUT2D eigenvalue weighted by Gasteiger charge is -2.11. The van der Waals surface area contributed by atoms with Crippen molar-refractivity contribution in [1.82, 2.24) is 4.98 Å². The zero-order valence-corrected chi connectivity index (χ0v) is 20.8. The molecular formula is C26H25N3O3S2. The molecule has 0 atom stereocenters. The van der Waals surface area contributed by atoms with E-state index in [1.54, 1.807) is 6.07 Å². The topological polar surface area (TPSA) is 92.1 Å². The Hall–Kier alpha value is -3.15. The molecule has 0 radical (unpaired) electrons. The van der Waals surface area contributed by atoms with Crippen molar-refractivity contribution in [1.29, 1.82) is 5.26 Å². The minimum atomic E-state index is -0.403. The first-order chi connectivity index (χ1) is 16.5. The summed E-state index contributed by atoms with van der Waals surface area (Å²) in [5.41, 5.74) is 4.94. The summed E-state index contributed by atoms with van der Waals surface area (Å²) in [4.78, 5) is 30.9. The van der Waals surface area contributed by atoms with Gasteiger partial charge in [0.1, 0.15) is 16.1 Å². The molecule has 0 unspecified atom stereocenters. The summed E-state index contributed by atoms with van der Waals surface area (Å²) in [6.45, 7) is 2.03. The molecule has 0 spiro atoms. The van der Waals surface area contributed by atoms with Crippen LogP contribution in [-0.4, -0.2) is 29.7 Å². The largest absolute Gasteiger partial charge is 0.465 e. The second-order valence-corrected chi connectivity index (χ2v) is 10.3. The molecule has 34 heavy (non-hydrogen) atoms. The molecule has 0 saturated heterocycles. The molecule has 1 aromatic carbocycles. The highest BCUT2D eigenvalue weighted by Crippen LogP contribution is 2.38. The van der Waals surface area contributed by atoms with Gasteiger partial charge in [0.05, 0.1) is 23.9 Å². The van der Waals surface area contributed by atoms with E-state index < -0.39 is 5.97 Å². The Morgan fingerprint density at radius 3 is 2.68 bits per heavy atom. The molecule has 1 aliphatic rings. The van der Waals surface area contributed by atoms with Gasteiger partial charge in [-0.3, -0.25) is 4.79 Å². The van der Waals surface area contributed by atoms with Crippen LogP contribution in [0.1, 0.15) is 51.2 Å². The Bertz CT molecular complexity index is 1260. The Balaban J connectivity index is 1.43. The monoisotopic (exact) mass is 491 g/mol. The fourth-order valence-electron chi connectivity index (χ4n) is 3.92. The van der Waals surface area contributed by atoms with E-state index in [0.717, 1.165) is 47.4 Å². The number of methoxy groups -OCH3 is 1. The summed E-state index contributed by atoms with van der Waals surface area (Å²) in [5, 5.41) is 13.6. The first-order valence-electron chi connectivity index (χ1n) is 11.1. The molecule has 3 aromatic rings. The highest BCUT2D eigenvalue weighted by molar-refractivity contribution is 7.99. The summed E-state index contributed by atoms with van der Waals surface area (Å²) in [6, 6.07) is 13.8. The molecule has 0 aliphatic heterocycles. The summed E-state index contributed by atoms with van der Waals surface area (Å²) < 4.78 is 4.98. The van der Waals surface area contributed by atoms with Gasteiger partial charge < -0.3 is 10.1 Å². The Labute approximate surface area is 207 Å². The normalized spacial score (nSPS) is 12.5. The summed E-state index contributed by atoms with van der Waals surface area (Å²) >= 11 is 2.86. The second-order valence-electron chi connectivity index (χ2n) is 8.08. The molecule has 6 nitrogen and oxygen atoms in total.